The van der Waals surface area contributed by atoms with Crippen molar-refractivity contribution in [3.05, 3.63) is 21.4 Å². The van der Waals surface area contributed by atoms with Gasteiger partial charge in [-0.15, -0.1) is 11.3 Å². The molecule has 1 aromatic rings. The van der Waals surface area contributed by atoms with Crippen molar-refractivity contribution in [2.24, 2.45) is 5.73 Å². The van der Waals surface area contributed by atoms with Crippen LogP contribution < -0.4 is 11.1 Å². The van der Waals surface area contributed by atoms with Gasteiger partial charge in [0.1, 0.15) is 6.04 Å². The molecule has 3 amide bonds. The molecule has 2 aliphatic rings. The maximum Gasteiger partial charge on any atom is 0.490 e. The van der Waals surface area contributed by atoms with Gasteiger partial charge < -0.3 is 15.7 Å². The van der Waals surface area contributed by atoms with Crippen LogP contribution in [-0.2, 0) is 27.5 Å². The third-order valence-electron chi connectivity index (χ3n) is 4.05. The standard InChI is InChI=1S/C13H15N3O3S.C2HF3O2/c14-4-10-7-5-16(13(19)8(7)6-20-10)9-2-1-3-11(17)15-12(9)18;3-2(4,5)1(6)7/h6,9H,1-5,14H2,(H,15,17,18);(H,6,7). The van der Waals surface area contributed by atoms with Crippen LogP contribution in [0, 0.1) is 0 Å². The van der Waals surface area contributed by atoms with Gasteiger partial charge in [0.25, 0.3) is 5.91 Å². The van der Waals surface area contributed by atoms with Crippen LogP contribution in [-0.4, -0.2) is 45.9 Å². The number of hydrogen-bond donors (Lipinski definition) is 3. The summed E-state index contributed by atoms with van der Waals surface area (Å²) in [5.41, 5.74) is 7.25. The Balaban J connectivity index is 0.000000321. The normalized spacial score (nSPS) is 19.8. The Labute approximate surface area is 155 Å². The largest absolute Gasteiger partial charge is 0.490 e. The molecule has 0 spiro atoms. The SMILES string of the molecule is NCc1scc2c1CN(C1CCCC(=O)NC1=O)C2=O.O=C(O)C(F)(F)F. The number of nitrogens with one attached hydrogen (secondary N) is 1. The number of carboxylic acids is 1. The monoisotopic (exact) mass is 407 g/mol. The lowest BCUT2D eigenvalue weighted by Gasteiger charge is -2.25. The molecule has 1 saturated heterocycles. The fourth-order valence-corrected chi connectivity index (χ4v) is 3.68. The summed E-state index contributed by atoms with van der Waals surface area (Å²) in [5, 5.41) is 11.3. The van der Waals surface area contributed by atoms with E-state index < -0.39 is 18.2 Å². The van der Waals surface area contributed by atoms with Crippen molar-refractivity contribution >= 4 is 35.0 Å². The third-order valence-corrected chi connectivity index (χ3v) is 5.10. The molecular formula is C15H16F3N3O5S. The smallest absolute Gasteiger partial charge is 0.475 e. The van der Waals surface area contributed by atoms with Crippen LogP contribution in [0.5, 0.6) is 0 Å². The highest BCUT2D eigenvalue weighted by Crippen LogP contribution is 2.33. The van der Waals surface area contributed by atoms with Gasteiger partial charge in [-0.2, -0.15) is 13.2 Å². The number of rotatable bonds is 2. The Morgan fingerprint density at radius 2 is 2.00 bits per heavy atom. The highest BCUT2D eigenvalue weighted by atomic mass is 32.1. The number of hydrogen-bond acceptors (Lipinski definition) is 6. The number of amides is 3. The highest BCUT2D eigenvalue weighted by Gasteiger charge is 2.39. The van der Waals surface area contributed by atoms with E-state index in [1.165, 1.54) is 11.3 Å². The molecule has 0 saturated carbocycles. The predicted octanol–water partition coefficient (Wildman–Crippen LogP) is 0.991. The first-order valence-corrected chi connectivity index (χ1v) is 8.68. The summed E-state index contributed by atoms with van der Waals surface area (Å²) in [6.07, 6.45) is -3.61. The number of fused-ring (bicyclic) bond motifs is 1. The summed E-state index contributed by atoms with van der Waals surface area (Å²) in [6, 6.07) is -0.558. The van der Waals surface area contributed by atoms with E-state index in [0.717, 1.165) is 10.4 Å². The lowest BCUT2D eigenvalue weighted by atomic mass is 10.1. The molecule has 148 valence electrons. The van der Waals surface area contributed by atoms with Gasteiger partial charge in [0.15, 0.2) is 0 Å². The Bertz CT molecular complexity index is 777. The van der Waals surface area contributed by atoms with Crippen molar-refractivity contribution in [3.8, 4) is 0 Å². The zero-order chi connectivity index (χ0) is 20.4. The molecule has 1 atom stereocenters. The van der Waals surface area contributed by atoms with Crippen LogP contribution in [0.3, 0.4) is 0 Å². The van der Waals surface area contributed by atoms with Crippen molar-refractivity contribution in [1.82, 2.24) is 10.2 Å². The molecule has 1 unspecified atom stereocenters. The molecule has 0 bridgehead atoms. The van der Waals surface area contributed by atoms with E-state index in [1.54, 1.807) is 10.3 Å². The van der Waals surface area contributed by atoms with E-state index in [-0.39, 0.29) is 17.7 Å². The lowest BCUT2D eigenvalue weighted by Crippen LogP contribution is -2.47. The second-order valence-corrected chi connectivity index (χ2v) is 6.78. The van der Waals surface area contributed by atoms with E-state index >= 15 is 0 Å². The van der Waals surface area contributed by atoms with Gasteiger partial charge in [0.2, 0.25) is 11.8 Å². The van der Waals surface area contributed by atoms with Gasteiger partial charge in [-0.05, 0) is 18.4 Å². The Morgan fingerprint density at radius 1 is 1.37 bits per heavy atom. The van der Waals surface area contributed by atoms with Crippen molar-refractivity contribution in [1.29, 1.82) is 0 Å². The molecule has 0 aliphatic carbocycles. The number of carbonyl (C=O) groups is 4. The maximum atomic E-state index is 12.4. The van der Waals surface area contributed by atoms with Crippen LogP contribution in [0.4, 0.5) is 13.2 Å². The Hall–Kier alpha value is -2.47. The number of nitrogens with two attached hydrogens (primary N) is 1. The van der Waals surface area contributed by atoms with E-state index in [0.29, 0.717) is 37.9 Å². The van der Waals surface area contributed by atoms with Crippen LogP contribution in [0.1, 0.15) is 40.1 Å². The van der Waals surface area contributed by atoms with E-state index in [1.807, 2.05) is 0 Å². The van der Waals surface area contributed by atoms with Gasteiger partial charge in [-0.25, -0.2) is 4.79 Å². The molecule has 12 heteroatoms. The molecule has 8 nitrogen and oxygen atoms in total. The fourth-order valence-electron chi connectivity index (χ4n) is 2.76. The molecule has 0 radical (unpaired) electrons. The maximum absolute atomic E-state index is 12.4. The summed E-state index contributed by atoms with van der Waals surface area (Å²) < 4.78 is 31.7. The summed E-state index contributed by atoms with van der Waals surface area (Å²) in [5.74, 6) is -3.53. The number of aliphatic carboxylic acids is 1. The van der Waals surface area contributed by atoms with Crippen LogP contribution in [0.25, 0.3) is 0 Å². The third kappa shape index (κ3) is 4.63. The zero-order valence-electron chi connectivity index (χ0n) is 13.8. The Morgan fingerprint density at radius 3 is 2.56 bits per heavy atom. The Kier molecular flexibility index (Phi) is 6.21. The van der Waals surface area contributed by atoms with Gasteiger partial charge in [0, 0.05) is 29.8 Å². The molecule has 3 heterocycles. The first-order chi connectivity index (χ1) is 12.6. The van der Waals surface area contributed by atoms with Crippen LogP contribution >= 0.6 is 11.3 Å². The highest BCUT2D eigenvalue weighted by molar-refractivity contribution is 7.10. The summed E-state index contributed by atoms with van der Waals surface area (Å²) in [4.78, 5) is 47.2. The molecule has 27 heavy (non-hydrogen) atoms. The molecule has 1 fully saturated rings. The number of thiophene rings is 1. The summed E-state index contributed by atoms with van der Waals surface area (Å²) >= 11 is 1.48. The molecule has 1 aromatic heterocycles. The molecular weight excluding hydrogens is 391 g/mol. The molecule has 4 N–H and O–H groups in total. The van der Waals surface area contributed by atoms with Crippen molar-refractivity contribution < 1.29 is 37.5 Å². The van der Waals surface area contributed by atoms with Gasteiger partial charge in [-0.1, -0.05) is 0 Å². The zero-order valence-corrected chi connectivity index (χ0v) is 14.7. The average Bonchev–Trinajstić information content (AvgIpc) is 3.06. The van der Waals surface area contributed by atoms with E-state index in [2.05, 4.69) is 5.32 Å². The van der Waals surface area contributed by atoms with Crippen LogP contribution in [0.2, 0.25) is 0 Å². The van der Waals surface area contributed by atoms with E-state index in [4.69, 9.17) is 15.6 Å². The molecule has 2 aliphatic heterocycles. The summed E-state index contributed by atoms with van der Waals surface area (Å²) in [7, 11) is 0. The first-order valence-electron chi connectivity index (χ1n) is 7.80. The average molecular weight is 407 g/mol. The molecule has 3 rings (SSSR count). The van der Waals surface area contributed by atoms with Crippen LogP contribution in [0.15, 0.2) is 5.38 Å². The number of halogens is 3. The van der Waals surface area contributed by atoms with Gasteiger partial charge in [-0.3, -0.25) is 19.7 Å². The second kappa shape index (κ2) is 8.05. The quantitative estimate of drug-likeness (QED) is 0.627. The number of carbonyl (C=O) groups excluding carboxylic acids is 3. The van der Waals surface area contributed by atoms with E-state index in [9.17, 15) is 27.6 Å². The minimum Gasteiger partial charge on any atom is -0.475 e. The number of alkyl halides is 3. The second-order valence-electron chi connectivity index (χ2n) is 5.81. The van der Waals surface area contributed by atoms with Gasteiger partial charge >= 0.3 is 12.1 Å². The summed E-state index contributed by atoms with van der Waals surface area (Å²) in [6.45, 7) is 0.812. The lowest BCUT2D eigenvalue weighted by molar-refractivity contribution is -0.192. The minimum atomic E-state index is -5.08. The number of carboxylic acid groups (broad SMARTS) is 1. The number of nitrogens with zero attached hydrogens (tertiary/aromatic N) is 1. The first kappa shape index (κ1) is 20.8. The van der Waals surface area contributed by atoms with Crippen molar-refractivity contribution in [2.45, 2.75) is 44.6 Å². The van der Waals surface area contributed by atoms with Gasteiger partial charge in [0.05, 0.1) is 5.56 Å². The van der Waals surface area contributed by atoms with Crippen molar-refractivity contribution in [2.75, 3.05) is 0 Å². The molecule has 0 aromatic carbocycles. The predicted molar refractivity (Wildman–Crippen MR) is 86.6 cm³/mol. The topological polar surface area (TPSA) is 130 Å². The fraction of sp³-hybridized carbons (Fsp3) is 0.467. The minimum absolute atomic E-state index is 0.134. The number of imide groups is 1. The van der Waals surface area contributed by atoms with Crippen molar-refractivity contribution in [3.63, 3.8) is 0 Å².